The predicted molar refractivity (Wildman–Crippen MR) is 114 cm³/mol. The van der Waals surface area contributed by atoms with Crippen LogP contribution in [0.5, 0.6) is 0 Å². The van der Waals surface area contributed by atoms with Gasteiger partial charge in [-0.1, -0.05) is 54.6 Å². The number of aliphatic hydroxyl groups excluding tert-OH is 2. The lowest BCUT2D eigenvalue weighted by atomic mass is 9.90. The van der Waals surface area contributed by atoms with Crippen molar-refractivity contribution < 1.29 is 15.3 Å². The molecule has 0 amide bonds. The third kappa shape index (κ3) is 4.56. The maximum atomic E-state index is 10.9. The molecule has 4 heteroatoms. The number of hydrogen-bond donors (Lipinski definition) is 3. The first-order valence-electron chi connectivity index (χ1n) is 10.8. The van der Waals surface area contributed by atoms with Gasteiger partial charge in [-0.25, -0.2) is 0 Å². The van der Waals surface area contributed by atoms with Gasteiger partial charge in [-0.15, -0.1) is 0 Å². The lowest BCUT2D eigenvalue weighted by molar-refractivity contribution is 0.0777. The molecule has 29 heavy (non-hydrogen) atoms. The third-order valence-corrected chi connectivity index (χ3v) is 6.85. The fourth-order valence-electron chi connectivity index (χ4n) is 5.30. The maximum Gasteiger partial charge on any atom is 0.0917 e. The SMILES string of the molecule is CC(C)(O)c1ccc(C(O)CN2CC3CC(O)CC3C2Cc2ccccc2)cc1. The lowest BCUT2D eigenvalue weighted by Crippen LogP contribution is -2.38. The number of β-amino-alcohol motifs (C(OH)–C–C–N with tert-alkyl or cyclic N) is 1. The molecule has 1 saturated heterocycles. The van der Waals surface area contributed by atoms with Gasteiger partial charge in [-0.2, -0.15) is 0 Å². The van der Waals surface area contributed by atoms with Crippen molar-refractivity contribution >= 4 is 0 Å². The van der Waals surface area contributed by atoms with Crippen molar-refractivity contribution in [2.24, 2.45) is 11.8 Å². The number of benzene rings is 2. The van der Waals surface area contributed by atoms with Crippen molar-refractivity contribution in [2.75, 3.05) is 13.1 Å². The highest BCUT2D eigenvalue weighted by Crippen LogP contribution is 2.44. The lowest BCUT2D eigenvalue weighted by Gasteiger charge is -2.30. The van der Waals surface area contributed by atoms with Crippen molar-refractivity contribution in [1.29, 1.82) is 0 Å². The number of nitrogens with zero attached hydrogens (tertiary/aromatic N) is 1. The van der Waals surface area contributed by atoms with E-state index in [0.717, 1.165) is 36.9 Å². The number of likely N-dealkylation sites (tertiary alicyclic amines) is 1. The average molecular weight is 396 g/mol. The molecular weight excluding hydrogens is 362 g/mol. The molecule has 156 valence electrons. The van der Waals surface area contributed by atoms with E-state index in [0.29, 0.717) is 24.4 Å². The number of hydrogen-bond acceptors (Lipinski definition) is 4. The molecular formula is C25H33NO3. The zero-order valence-electron chi connectivity index (χ0n) is 17.4. The first-order valence-corrected chi connectivity index (χ1v) is 10.8. The van der Waals surface area contributed by atoms with Crippen LogP contribution in [-0.4, -0.2) is 45.5 Å². The summed E-state index contributed by atoms with van der Waals surface area (Å²) in [7, 11) is 0. The molecule has 0 aromatic heterocycles. The van der Waals surface area contributed by atoms with Gasteiger partial charge < -0.3 is 15.3 Å². The fraction of sp³-hybridized carbons (Fsp3) is 0.520. The van der Waals surface area contributed by atoms with E-state index >= 15 is 0 Å². The highest BCUT2D eigenvalue weighted by molar-refractivity contribution is 5.28. The molecule has 1 aliphatic heterocycles. The summed E-state index contributed by atoms with van der Waals surface area (Å²) in [6.45, 7) is 5.08. The Labute approximate surface area is 173 Å². The largest absolute Gasteiger partial charge is 0.393 e. The van der Waals surface area contributed by atoms with Crippen LogP contribution in [0.3, 0.4) is 0 Å². The second-order valence-corrected chi connectivity index (χ2v) is 9.46. The summed E-state index contributed by atoms with van der Waals surface area (Å²) in [4.78, 5) is 2.43. The van der Waals surface area contributed by atoms with Crippen LogP contribution in [0.2, 0.25) is 0 Å². The first-order chi connectivity index (χ1) is 13.8. The Morgan fingerprint density at radius 2 is 1.72 bits per heavy atom. The fourth-order valence-corrected chi connectivity index (χ4v) is 5.30. The summed E-state index contributed by atoms with van der Waals surface area (Å²) in [6.07, 6.45) is 1.97. The normalized spacial score (nSPS) is 28.4. The van der Waals surface area contributed by atoms with Crippen LogP contribution in [-0.2, 0) is 12.0 Å². The van der Waals surface area contributed by atoms with Crippen molar-refractivity contribution in [1.82, 2.24) is 4.90 Å². The van der Waals surface area contributed by atoms with Gasteiger partial charge in [-0.3, -0.25) is 4.90 Å². The van der Waals surface area contributed by atoms with Gasteiger partial charge in [0.2, 0.25) is 0 Å². The van der Waals surface area contributed by atoms with Crippen LogP contribution in [0.1, 0.15) is 49.5 Å². The summed E-state index contributed by atoms with van der Waals surface area (Å²) >= 11 is 0. The summed E-state index contributed by atoms with van der Waals surface area (Å²) < 4.78 is 0. The number of fused-ring (bicyclic) bond motifs is 1. The quantitative estimate of drug-likeness (QED) is 0.703. The summed E-state index contributed by atoms with van der Waals surface area (Å²) in [6, 6.07) is 18.5. The van der Waals surface area contributed by atoms with E-state index in [9.17, 15) is 15.3 Å². The third-order valence-electron chi connectivity index (χ3n) is 6.85. The van der Waals surface area contributed by atoms with Crippen molar-refractivity contribution in [3.05, 3.63) is 71.3 Å². The van der Waals surface area contributed by atoms with Crippen molar-refractivity contribution in [3.8, 4) is 0 Å². The van der Waals surface area contributed by atoms with E-state index in [-0.39, 0.29) is 6.10 Å². The Morgan fingerprint density at radius 3 is 2.38 bits per heavy atom. The predicted octanol–water partition coefficient (Wildman–Crippen LogP) is 3.26. The Bertz CT molecular complexity index is 799. The molecule has 2 fully saturated rings. The van der Waals surface area contributed by atoms with Gasteiger partial charge in [0, 0.05) is 19.1 Å². The molecule has 0 radical (unpaired) electrons. The van der Waals surface area contributed by atoms with E-state index in [2.05, 4.69) is 29.2 Å². The van der Waals surface area contributed by atoms with Crippen LogP contribution < -0.4 is 0 Å². The maximum absolute atomic E-state index is 10.9. The minimum Gasteiger partial charge on any atom is -0.393 e. The smallest absolute Gasteiger partial charge is 0.0917 e. The van der Waals surface area contributed by atoms with Gasteiger partial charge in [0.05, 0.1) is 17.8 Å². The molecule has 4 nitrogen and oxygen atoms in total. The summed E-state index contributed by atoms with van der Waals surface area (Å²) in [5.41, 5.74) is 2.17. The number of rotatable bonds is 6. The van der Waals surface area contributed by atoms with Gasteiger partial charge in [0.1, 0.15) is 0 Å². The van der Waals surface area contributed by atoms with Gasteiger partial charge >= 0.3 is 0 Å². The molecule has 2 aromatic carbocycles. The van der Waals surface area contributed by atoms with Crippen LogP contribution in [0, 0.1) is 11.8 Å². The van der Waals surface area contributed by atoms with E-state index in [1.54, 1.807) is 13.8 Å². The molecule has 2 aromatic rings. The Hall–Kier alpha value is -1.72. The van der Waals surface area contributed by atoms with Crippen molar-refractivity contribution in [3.63, 3.8) is 0 Å². The topological polar surface area (TPSA) is 63.9 Å². The monoisotopic (exact) mass is 395 g/mol. The molecule has 0 bridgehead atoms. The van der Waals surface area contributed by atoms with Gasteiger partial charge in [-0.05, 0) is 61.6 Å². The summed E-state index contributed by atoms with van der Waals surface area (Å²) in [5, 5.41) is 31.2. The van der Waals surface area contributed by atoms with Crippen LogP contribution in [0.25, 0.3) is 0 Å². The zero-order chi connectivity index (χ0) is 20.6. The second kappa shape index (κ2) is 8.19. The highest BCUT2D eigenvalue weighted by atomic mass is 16.3. The molecule has 3 N–H and O–H groups in total. The van der Waals surface area contributed by atoms with Crippen LogP contribution in [0.4, 0.5) is 0 Å². The van der Waals surface area contributed by atoms with Gasteiger partial charge in [0.15, 0.2) is 0 Å². The molecule has 5 atom stereocenters. The van der Waals surface area contributed by atoms with E-state index in [1.165, 1.54) is 5.56 Å². The standard InChI is InChI=1S/C25H33NO3/c1-25(2,29)20-10-8-18(9-11-20)24(28)16-26-15-19-13-21(27)14-22(19)23(26)12-17-6-4-3-5-7-17/h3-11,19,21-24,27-29H,12-16H2,1-2H3. The molecule has 2 aliphatic rings. The van der Waals surface area contributed by atoms with Crippen molar-refractivity contribution in [2.45, 2.75) is 57.0 Å². The molecule has 1 saturated carbocycles. The average Bonchev–Trinajstić information content (AvgIpc) is 3.19. The van der Waals surface area contributed by atoms with E-state index < -0.39 is 11.7 Å². The molecule has 5 unspecified atom stereocenters. The Morgan fingerprint density at radius 1 is 1.03 bits per heavy atom. The van der Waals surface area contributed by atoms with Crippen LogP contribution >= 0.6 is 0 Å². The Balaban J connectivity index is 1.48. The summed E-state index contributed by atoms with van der Waals surface area (Å²) in [5.74, 6) is 1.01. The number of aliphatic hydroxyl groups is 3. The molecule has 1 aliphatic carbocycles. The minimum atomic E-state index is -0.877. The molecule has 4 rings (SSSR count). The second-order valence-electron chi connectivity index (χ2n) is 9.46. The van der Waals surface area contributed by atoms with E-state index in [4.69, 9.17) is 0 Å². The molecule has 1 heterocycles. The highest BCUT2D eigenvalue weighted by Gasteiger charge is 2.47. The zero-order valence-corrected chi connectivity index (χ0v) is 17.4. The minimum absolute atomic E-state index is 0.176. The van der Waals surface area contributed by atoms with E-state index in [1.807, 2.05) is 30.3 Å². The molecule has 0 spiro atoms. The Kier molecular flexibility index (Phi) is 5.80. The van der Waals surface area contributed by atoms with Crippen LogP contribution in [0.15, 0.2) is 54.6 Å². The van der Waals surface area contributed by atoms with Gasteiger partial charge in [0.25, 0.3) is 0 Å². The first kappa shape index (κ1) is 20.5.